The van der Waals surface area contributed by atoms with E-state index < -0.39 is 0 Å². The highest BCUT2D eigenvalue weighted by atomic mass is 15.3. The molecule has 0 saturated carbocycles. The second-order valence-electron chi connectivity index (χ2n) is 6.00. The Kier molecular flexibility index (Phi) is 5.57. The van der Waals surface area contributed by atoms with Crippen LogP contribution in [-0.2, 0) is 13.0 Å². The standard InChI is InChI=1S/C18H27N3/c1-14(2)19-12-8-11-18-15(3)20-21(16(18)4)13-17-9-6-5-7-10-17/h5-7,9-10,14,19H,8,11-13H2,1-4H3. The molecule has 1 N–H and O–H groups in total. The van der Waals surface area contributed by atoms with Crippen LogP contribution in [0, 0.1) is 13.8 Å². The Morgan fingerprint density at radius 2 is 1.86 bits per heavy atom. The van der Waals surface area contributed by atoms with Crippen LogP contribution in [0.2, 0.25) is 0 Å². The molecule has 0 radical (unpaired) electrons. The van der Waals surface area contributed by atoms with Crippen molar-refractivity contribution in [1.29, 1.82) is 0 Å². The van der Waals surface area contributed by atoms with Gasteiger partial charge in [-0.2, -0.15) is 5.10 Å². The number of aryl methyl sites for hydroxylation is 1. The number of nitrogens with one attached hydrogen (secondary N) is 1. The molecule has 3 heteroatoms. The van der Waals surface area contributed by atoms with Gasteiger partial charge in [-0.05, 0) is 44.4 Å². The molecule has 0 fully saturated rings. The summed E-state index contributed by atoms with van der Waals surface area (Å²) in [5.41, 5.74) is 5.20. The predicted octanol–water partition coefficient (Wildman–Crippen LogP) is 3.48. The normalized spacial score (nSPS) is 11.3. The van der Waals surface area contributed by atoms with Gasteiger partial charge in [0, 0.05) is 11.7 Å². The Morgan fingerprint density at radius 3 is 2.52 bits per heavy atom. The first-order chi connectivity index (χ1) is 10.1. The third kappa shape index (κ3) is 4.43. The predicted molar refractivity (Wildman–Crippen MR) is 88.7 cm³/mol. The van der Waals surface area contributed by atoms with Crippen molar-refractivity contribution in [3.63, 3.8) is 0 Å². The van der Waals surface area contributed by atoms with Crippen LogP contribution >= 0.6 is 0 Å². The molecule has 1 aromatic carbocycles. The van der Waals surface area contributed by atoms with E-state index in [0.29, 0.717) is 6.04 Å². The van der Waals surface area contributed by atoms with Crippen molar-refractivity contribution in [2.75, 3.05) is 6.54 Å². The fourth-order valence-corrected chi connectivity index (χ4v) is 2.66. The largest absolute Gasteiger partial charge is 0.315 e. The summed E-state index contributed by atoms with van der Waals surface area (Å²) in [4.78, 5) is 0. The molecule has 0 aliphatic heterocycles. The first kappa shape index (κ1) is 15.8. The Balaban J connectivity index is 2.00. The lowest BCUT2D eigenvalue weighted by Gasteiger charge is -2.08. The average molecular weight is 285 g/mol. The summed E-state index contributed by atoms with van der Waals surface area (Å²) in [5.74, 6) is 0. The van der Waals surface area contributed by atoms with Crippen LogP contribution in [0.25, 0.3) is 0 Å². The van der Waals surface area contributed by atoms with Crippen molar-refractivity contribution in [2.45, 2.75) is 53.1 Å². The van der Waals surface area contributed by atoms with Crippen LogP contribution in [0.1, 0.15) is 42.8 Å². The van der Waals surface area contributed by atoms with E-state index in [0.717, 1.165) is 25.9 Å². The number of hydrogen-bond donors (Lipinski definition) is 1. The average Bonchev–Trinajstić information content (AvgIpc) is 2.71. The smallest absolute Gasteiger partial charge is 0.0662 e. The zero-order valence-electron chi connectivity index (χ0n) is 13.7. The molecule has 0 spiro atoms. The summed E-state index contributed by atoms with van der Waals surface area (Å²) in [6.45, 7) is 10.6. The molecule has 1 heterocycles. The highest BCUT2D eigenvalue weighted by Crippen LogP contribution is 2.16. The van der Waals surface area contributed by atoms with Gasteiger partial charge in [0.1, 0.15) is 0 Å². The van der Waals surface area contributed by atoms with Crippen molar-refractivity contribution >= 4 is 0 Å². The van der Waals surface area contributed by atoms with Crippen LogP contribution in [0.5, 0.6) is 0 Å². The highest BCUT2D eigenvalue weighted by molar-refractivity contribution is 5.26. The number of aromatic nitrogens is 2. The Hall–Kier alpha value is -1.61. The molecule has 3 nitrogen and oxygen atoms in total. The molecule has 114 valence electrons. The van der Waals surface area contributed by atoms with Gasteiger partial charge in [-0.1, -0.05) is 44.2 Å². The molecular formula is C18H27N3. The van der Waals surface area contributed by atoms with E-state index in [1.807, 2.05) is 0 Å². The van der Waals surface area contributed by atoms with Crippen molar-refractivity contribution < 1.29 is 0 Å². The maximum absolute atomic E-state index is 4.72. The molecule has 0 bridgehead atoms. The molecule has 1 aromatic heterocycles. The maximum Gasteiger partial charge on any atom is 0.0662 e. The summed E-state index contributed by atoms with van der Waals surface area (Å²) in [6.07, 6.45) is 2.27. The van der Waals surface area contributed by atoms with Gasteiger partial charge in [0.2, 0.25) is 0 Å². The molecule has 2 aromatic rings. The summed E-state index contributed by atoms with van der Waals surface area (Å²) in [5, 5.41) is 8.19. The zero-order valence-corrected chi connectivity index (χ0v) is 13.7. The lowest BCUT2D eigenvalue weighted by Crippen LogP contribution is -2.24. The van der Waals surface area contributed by atoms with E-state index in [4.69, 9.17) is 5.10 Å². The molecule has 0 aliphatic carbocycles. The summed E-state index contributed by atoms with van der Waals surface area (Å²) in [7, 11) is 0. The number of nitrogens with zero attached hydrogens (tertiary/aromatic N) is 2. The number of rotatable bonds is 7. The summed E-state index contributed by atoms with van der Waals surface area (Å²) in [6, 6.07) is 11.1. The quantitative estimate of drug-likeness (QED) is 0.789. The topological polar surface area (TPSA) is 29.9 Å². The molecule has 0 aliphatic rings. The molecular weight excluding hydrogens is 258 g/mol. The molecule has 2 rings (SSSR count). The van der Waals surface area contributed by atoms with Gasteiger partial charge < -0.3 is 5.32 Å². The van der Waals surface area contributed by atoms with Gasteiger partial charge in [0.25, 0.3) is 0 Å². The second kappa shape index (κ2) is 7.41. The first-order valence-electron chi connectivity index (χ1n) is 7.88. The minimum absolute atomic E-state index is 0.563. The van der Waals surface area contributed by atoms with Crippen molar-refractivity contribution in [2.24, 2.45) is 0 Å². The maximum atomic E-state index is 4.72. The van der Waals surface area contributed by atoms with E-state index in [1.54, 1.807) is 0 Å². The molecule has 21 heavy (non-hydrogen) atoms. The summed E-state index contributed by atoms with van der Waals surface area (Å²) >= 11 is 0. The van der Waals surface area contributed by atoms with Crippen molar-refractivity contribution in [3.05, 3.63) is 52.8 Å². The fraction of sp³-hybridized carbons (Fsp3) is 0.500. The van der Waals surface area contributed by atoms with Crippen molar-refractivity contribution in [3.8, 4) is 0 Å². The Labute approximate surface area is 128 Å². The first-order valence-corrected chi connectivity index (χ1v) is 7.88. The Bertz CT molecular complexity index is 555. The minimum atomic E-state index is 0.563. The Morgan fingerprint density at radius 1 is 1.14 bits per heavy atom. The monoisotopic (exact) mass is 285 g/mol. The number of hydrogen-bond acceptors (Lipinski definition) is 2. The third-order valence-electron chi connectivity index (χ3n) is 3.86. The second-order valence-corrected chi connectivity index (χ2v) is 6.00. The van der Waals surface area contributed by atoms with Gasteiger partial charge in [0.15, 0.2) is 0 Å². The lowest BCUT2D eigenvalue weighted by molar-refractivity contribution is 0.569. The van der Waals surface area contributed by atoms with Gasteiger partial charge in [0.05, 0.1) is 12.2 Å². The molecule has 0 saturated heterocycles. The lowest BCUT2D eigenvalue weighted by atomic mass is 10.1. The van der Waals surface area contributed by atoms with E-state index in [-0.39, 0.29) is 0 Å². The van der Waals surface area contributed by atoms with Gasteiger partial charge >= 0.3 is 0 Å². The van der Waals surface area contributed by atoms with Crippen LogP contribution in [0.15, 0.2) is 30.3 Å². The zero-order chi connectivity index (χ0) is 15.2. The molecule has 0 unspecified atom stereocenters. The highest BCUT2D eigenvalue weighted by Gasteiger charge is 2.11. The van der Waals surface area contributed by atoms with Gasteiger partial charge in [-0.25, -0.2) is 0 Å². The van der Waals surface area contributed by atoms with Gasteiger partial charge in [-0.3, -0.25) is 4.68 Å². The van der Waals surface area contributed by atoms with Crippen LogP contribution < -0.4 is 5.32 Å². The van der Waals surface area contributed by atoms with Crippen LogP contribution in [0.4, 0.5) is 0 Å². The van der Waals surface area contributed by atoms with E-state index >= 15 is 0 Å². The summed E-state index contributed by atoms with van der Waals surface area (Å²) < 4.78 is 2.13. The molecule has 0 amide bonds. The fourth-order valence-electron chi connectivity index (χ4n) is 2.66. The van der Waals surface area contributed by atoms with E-state index in [2.05, 4.69) is 68.0 Å². The SMILES string of the molecule is Cc1nn(Cc2ccccc2)c(C)c1CCCNC(C)C. The third-order valence-corrected chi connectivity index (χ3v) is 3.86. The van der Waals surface area contributed by atoms with E-state index in [1.165, 1.54) is 22.5 Å². The molecule has 0 atom stereocenters. The van der Waals surface area contributed by atoms with Crippen LogP contribution in [0.3, 0.4) is 0 Å². The van der Waals surface area contributed by atoms with Crippen LogP contribution in [-0.4, -0.2) is 22.4 Å². The minimum Gasteiger partial charge on any atom is -0.315 e. The number of benzene rings is 1. The van der Waals surface area contributed by atoms with E-state index in [9.17, 15) is 0 Å². The van der Waals surface area contributed by atoms with Gasteiger partial charge in [-0.15, -0.1) is 0 Å². The van der Waals surface area contributed by atoms with Crippen molar-refractivity contribution in [1.82, 2.24) is 15.1 Å².